The van der Waals surface area contributed by atoms with Crippen LogP contribution in [0.4, 0.5) is 0 Å². The van der Waals surface area contributed by atoms with Crippen LogP contribution in [-0.4, -0.2) is 11.5 Å². The average molecular weight is 199 g/mol. The highest BCUT2D eigenvalue weighted by molar-refractivity contribution is 5.85. The molecule has 0 aliphatic carbocycles. The molecule has 0 saturated heterocycles. The lowest BCUT2D eigenvalue weighted by Gasteiger charge is -1.89. The zero-order valence-electron chi connectivity index (χ0n) is 6.41. The standard InChI is InChI=1S/C6H11N3.2ClH/c1-9-5-8-4-6(9)2-3-7;;/h4-5H,2-3,7H2,1H3;2*1H/p+1. The van der Waals surface area contributed by atoms with Crippen molar-refractivity contribution in [1.29, 1.82) is 0 Å². The Morgan fingerprint density at radius 2 is 2.18 bits per heavy atom. The van der Waals surface area contributed by atoms with Gasteiger partial charge in [-0.05, 0) is 6.54 Å². The van der Waals surface area contributed by atoms with E-state index in [0.717, 1.165) is 6.42 Å². The van der Waals surface area contributed by atoms with E-state index in [1.165, 1.54) is 5.69 Å². The van der Waals surface area contributed by atoms with E-state index in [1.807, 2.05) is 24.1 Å². The van der Waals surface area contributed by atoms with Crippen molar-refractivity contribution in [1.82, 2.24) is 4.98 Å². The topological polar surface area (TPSA) is 45.7 Å². The summed E-state index contributed by atoms with van der Waals surface area (Å²) in [5.74, 6) is 0. The molecule has 1 heterocycles. The van der Waals surface area contributed by atoms with Gasteiger partial charge in [-0.3, -0.25) is 0 Å². The molecule has 0 amide bonds. The van der Waals surface area contributed by atoms with Crippen LogP contribution in [0, 0.1) is 0 Å². The first-order chi connectivity index (χ1) is 4.34. The number of nitrogens with two attached hydrogens (primary N) is 1. The number of imidazole rings is 1. The van der Waals surface area contributed by atoms with E-state index >= 15 is 0 Å². The van der Waals surface area contributed by atoms with Crippen molar-refractivity contribution in [2.75, 3.05) is 6.54 Å². The van der Waals surface area contributed by atoms with Crippen molar-refractivity contribution in [2.24, 2.45) is 12.8 Å². The molecule has 0 aromatic carbocycles. The molecule has 1 rings (SSSR count). The van der Waals surface area contributed by atoms with Gasteiger partial charge in [0, 0.05) is 6.42 Å². The Kier molecular flexibility index (Phi) is 7.84. The van der Waals surface area contributed by atoms with Crippen molar-refractivity contribution in [2.45, 2.75) is 6.42 Å². The second-order valence-corrected chi connectivity index (χ2v) is 2.08. The van der Waals surface area contributed by atoms with Crippen molar-refractivity contribution >= 4 is 24.8 Å². The van der Waals surface area contributed by atoms with Crippen LogP contribution in [0.1, 0.15) is 5.69 Å². The first-order valence-electron chi connectivity index (χ1n) is 3.06. The lowest BCUT2D eigenvalue weighted by molar-refractivity contribution is -0.677. The molecule has 3 N–H and O–H groups in total. The molecule has 1 aromatic rings. The van der Waals surface area contributed by atoms with E-state index < -0.39 is 0 Å². The summed E-state index contributed by atoms with van der Waals surface area (Å²) in [6.45, 7) is 0.714. The van der Waals surface area contributed by atoms with Crippen LogP contribution in [0.2, 0.25) is 0 Å². The molecule has 1 aromatic heterocycles. The predicted octanol–water partition coefficient (Wildman–Crippen LogP) is 0.184. The molecule has 0 unspecified atom stereocenters. The molecule has 66 valence electrons. The minimum absolute atomic E-state index is 0. The van der Waals surface area contributed by atoms with Crippen LogP contribution in [-0.2, 0) is 13.5 Å². The van der Waals surface area contributed by atoms with Gasteiger partial charge in [0.2, 0.25) is 6.33 Å². The van der Waals surface area contributed by atoms with E-state index in [9.17, 15) is 0 Å². The van der Waals surface area contributed by atoms with Gasteiger partial charge in [0.25, 0.3) is 0 Å². The summed E-state index contributed by atoms with van der Waals surface area (Å²) in [5, 5.41) is 0. The summed E-state index contributed by atoms with van der Waals surface area (Å²) in [5.41, 5.74) is 6.61. The number of nitrogens with zero attached hydrogens (tertiary/aromatic N) is 1. The number of halogens is 2. The lowest BCUT2D eigenvalue weighted by Crippen LogP contribution is -2.31. The summed E-state index contributed by atoms with van der Waals surface area (Å²) in [6, 6.07) is 0. The third kappa shape index (κ3) is 3.60. The molecule has 3 nitrogen and oxygen atoms in total. The number of aromatic nitrogens is 2. The first kappa shape index (κ1) is 13.3. The Bertz CT molecular complexity index is 188. The van der Waals surface area contributed by atoms with Crippen molar-refractivity contribution in [3.8, 4) is 0 Å². The van der Waals surface area contributed by atoms with Gasteiger partial charge in [0.15, 0.2) is 0 Å². The zero-order valence-corrected chi connectivity index (χ0v) is 8.04. The molecule has 0 aliphatic heterocycles. The maximum atomic E-state index is 5.36. The van der Waals surface area contributed by atoms with Crippen molar-refractivity contribution in [3.05, 3.63) is 18.2 Å². The maximum Gasteiger partial charge on any atom is 0.241 e. The van der Waals surface area contributed by atoms with Gasteiger partial charge < -0.3 is 5.73 Å². The van der Waals surface area contributed by atoms with Gasteiger partial charge >= 0.3 is 0 Å². The second kappa shape index (κ2) is 6.46. The molecule has 0 saturated carbocycles. The predicted molar refractivity (Wildman–Crippen MR) is 49.2 cm³/mol. The third-order valence-electron chi connectivity index (χ3n) is 1.37. The zero-order chi connectivity index (χ0) is 6.69. The quantitative estimate of drug-likeness (QED) is 0.656. The van der Waals surface area contributed by atoms with Gasteiger partial charge in [-0.25, -0.2) is 9.55 Å². The number of hydrogen-bond donors (Lipinski definition) is 2. The SMILES string of the molecule is C[n+]1c[nH]cc1CCN.Cl.Cl. The Balaban J connectivity index is 0. The van der Waals surface area contributed by atoms with Gasteiger partial charge in [-0.15, -0.1) is 24.8 Å². The smallest absolute Gasteiger partial charge is 0.241 e. The van der Waals surface area contributed by atoms with Crippen LogP contribution in [0.3, 0.4) is 0 Å². The summed E-state index contributed by atoms with van der Waals surface area (Å²) in [4.78, 5) is 2.99. The van der Waals surface area contributed by atoms with Gasteiger partial charge in [0.05, 0.1) is 7.05 Å². The molecule has 5 heteroatoms. The minimum Gasteiger partial charge on any atom is -0.330 e. The fourth-order valence-corrected chi connectivity index (χ4v) is 0.826. The molecular formula is C6H14Cl2N3+. The number of rotatable bonds is 2. The highest BCUT2D eigenvalue weighted by atomic mass is 35.5. The van der Waals surface area contributed by atoms with E-state index in [0.29, 0.717) is 6.54 Å². The molecule has 0 aliphatic rings. The highest BCUT2D eigenvalue weighted by Gasteiger charge is 2.00. The third-order valence-corrected chi connectivity index (χ3v) is 1.37. The summed E-state index contributed by atoms with van der Waals surface area (Å²) in [7, 11) is 2.00. The van der Waals surface area contributed by atoms with E-state index in [2.05, 4.69) is 4.98 Å². The van der Waals surface area contributed by atoms with Gasteiger partial charge in [-0.1, -0.05) is 0 Å². The van der Waals surface area contributed by atoms with Gasteiger partial charge in [0.1, 0.15) is 11.9 Å². The number of H-pyrrole nitrogens is 1. The van der Waals surface area contributed by atoms with Gasteiger partial charge in [-0.2, -0.15) is 0 Å². The Labute approximate surface area is 78.8 Å². The second-order valence-electron chi connectivity index (χ2n) is 2.08. The average Bonchev–Trinajstić information content (AvgIpc) is 2.18. The van der Waals surface area contributed by atoms with Crippen LogP contribution in [0.15, 0.2) is 12.5 Å². The molecule has 11 heavy (non-hydrogen) atoms. The summed E-state index contributed by atoms with van der Waals surface area (Å²) >= 11 is 0. The van der Waals surface area contributed by atoms with Crippen LogP contribution in [0.5, 0.6) is 0 Å². The molecule has 0 atom stereocenters. The number of hydrogen-bond acceptors (Lipinski definition) is 1. The summed E-state index contributed by atoms with van der Waals surface area (Å²) < 4.78 is 2.03. The van der Waals surface area contributed by atoms with Crippen molar-refractivity contribution < 1.29 is 4.57 Å². The minimum atomic E-state index is 0. The van der Waals surface area contributed by atoms with E-state index in [4.69, 9.17) is 5.73 Å². The van der Waals surface area contributed by atoms with Crippen LogP contribution in [0.25, 0.3) is 0 Å². The monoisotopic (exact) mass is 198 g/mol. The van der Waals surface area contributed by atoms with Crippen LogP contribution >= 0.6 is 24.8 Å². The lowest BCUT2D eigenvalue weighted by atomic mass is 10.3. The molecule has 0 radical (unpaired) electrons. The fourth-order valence-electron chi connectivity index (χ4n) is 0.826. The molecule has 0 fully saturated rings. The normalized spacial score (nSPS) is 8.18. The Morgan fingerprint density at radius 1 is 1.55 bits per heavy atom. The van der Waals surface area contributed by atoms with Crippen molar-refractivity contribution in [3.63, 3.8) is 0 Å². The molecular weight excluding hydrogens is 185 g/mol. The molecule has 0 spiro atoms. The number of aromatic amines is 1. The highest BCUT2D eigenvalue weighted by Crippen LogP contribution is 1.85. The van der Waals surface area contributed by atoms with E-state index in [-0.39, 0.29) is 24.8 Å². The maximum absolute atomic E-state index is 5.36. The summed E-state index contributed by atoms with van der Waals surface area (Å²) in [6.07, 6.45) is 4.82. The first-order valence-corrected chi connectivity index (χ1v) is 3.06. The van der Waals surface area contributed by atoms with Crippen LogP contribution < -0.4 is 10.3 Å². The Hall–Kier alpha value is -0.250. The molecule has 0 bridgehead atoms. The number of aryl methyl sites for hydroxylation is 1. The Morgan fingerprint density at radius 3 is 2.55 bits per heavy atom. The number of nitrogens with one attached hydrogen (secondary N) is 1. The van der Waals surface area contributed by atoms with E-state index in [1.54, 1.807) is 0 Å². The fraction of sp³-hybridized carbons (Fsp3) is 0.500. The largest absolute Gasteiger partial charge is 0.330 e.